The van der Waals surface area contributed by atoms with Crippen LogP contribution in [0.25, 0.3) is 215 Å². The predicted octanol–water partition coefficient (Wildman–Crippen LogP) is 29.8. The van der Waals surface area contributed by atoms with Gasteiger partial charge in [0.1, 0.15) is 0 Å². The van der Waals surface area contributed by atoms with Gasteiger partial charge in [-0.2, -0.15) is 0 Å². The van der Waals surface area contributed by atoms with Gasteiger partial charge in [-0.3, -0.25) is 0 Å². The van der Waals surface area contributed by atoms with Crippen molar-refractivity contribution in [2.75, 3.05) is 0 Å². The predicted molar refractivity (Wildman–Crippen MR) is 456 cm³/mol. The van der Waals surface area contributed by atoms with Crippen molar-refractivity contribution in [2.24, 2.45) is 0 Å². The van der Waals surface area contributed by atoms with Gasteiger partial charge in [-0.1, -0.05) is 388 Å². The highest BCUT2D eigenvalue weighted by molar-refractivity contribution is 6.37. The summed E-state index contributed by atoms with van der Waals surface area (Å²) in [6.45, 7) is 0. The molecule has 0 amide bonds. The number of hydrogen-bond acceptors (Lipinski definition) is 0. The Hall–Kier alpha value is -13.5. The van der Waals surface area contributed by atoms with Crippen LogP contribution in [-0.4, -0.2) is 0 Å². The molecule has 24 rings (SSSR count). The molecule has 0 bridgehead atoms. The quantitative estimate of drug-likeness (QED) is 0.133. The van der Waals surface area contributed by atoms with Crippen LogP contribution in [0.4, 0.5) is 0 Å². The molecule has 0 heteroatoms. The summed E-state index contributed by atoms with van der Waals surface area (Å²) in [7, 11) is 0. The van der Waals surface area contributed by atoms with Crippen LogP contribution in [0.1, 0.15) is 0 Å². The molecule has 0 nitrogen and oxygen atoms in total. The van der Waals surface area contributed by atoms with E-state index in [1.807, 2.05) is 0 Å². The highest BCUT2D eigenvalue weighted by atomic mass is 14.2. The smallest absolute Gasteiger partial charge is 0.00201 e. The molecule has 24 aromatic carbocycles. The maximum atomic E-state index is 2.30. The Kier molecular flexibility index (Phi) is 13.8. The molecular formula is C104H64. The van der Waals surface area contributed by atoms with E-state index >= 15 is 0 Å². The summed E-state index contributed by atoms with van der Waals surface area (Å²) in [6.07, 6.45) is 0. The van der Waals surface area contributed by atoms with E-state index in [0.29, 0.717) is 0 Å². The molecule has 0 heterocycles. The van der Waals surface area contributed by atoms with Gasteiger partial charge in [0.15, 0.2) is 0 Å². The molecule has 0 radical (unpaired) electrons. The molecule has 0 spiro atoms. The standard InChI is InChI=1S/4C26H16/c1-3-9-19-17(7-1)13-15-23-24-16-14-18-8-2-4-10-20(18)26(24)22-12-6-5-11-21(22)25(19)23;1-3-7-19-17(5-1)9-11-23-21(19)13-15-26-24-12-10-18-6-2-4-8-20(18)22(24)14-16-25(23)26;1-3-7-20-17(5-1)11-13-23-22(20)15-16-25-24(23)14-12-19-10-9-18-6-2-4-8-21(18)26(19)25;1-2-8-18-17(7-1)13-14-24-22(18)15-16-25-21-11-4-3-9-19(21)20-10-5-6-12-23(20)26(24)25/h4*1-16H. The molecular weight excluding hydrogens is 1250 g/mol. The molecule has 480 valence electrons. The van der Waals surface area contributed by atoms with Crippen molar-refractivity contribution in [1.82, 2.24) is 0 Å². The third-order valence-electron chi connectivity index (χ3n) is 22.5. The Morgan fingerprint density at radius 1 is 0.0673 bits per heavy atom. The number of fused-ring (bicyclic) bond motifs is 38. The molecule has 0 saturated heterocycles. The first-order chi connectivity index (χ1) is 51.6. The van der Waals surface area contributed by atoms with E-state index in [1.165, 1.54) is 215 Å². The average molecular weight is 1310 g/mol. The van der Waals surface area contributed by atoms with E-state index < -0.39 is 0 Å². The number of benzene rings is 24. The first kappa shape index (κ1) is 59.4. The average Bonchev–Trinajstić information content (AvgIpc) is 0.784. The summed E-state index contributed by atoms with van der Waals surface area (Å²) in [5.41, 5.74) is 0. The van der Waals surface area contributed by atoms with E-state index in [-0.39, 0.29) is 0 Å². The minimum absolute atomic E-state index is 1.30. The molecule has 0 aliphatic rings. The van der Waals surface area contributed by atoms with E-state index in [0.717, 1.165) is 0 Å². The molecule has 0 aromatic heterocycles. The fraction of sp³-hybridized carbons (Fsp3) is 0. The maximum Gasteiger partial charge on any atom is -0.00201 e. The lowest BCUT2D eigenvalue weighted by molar-refractivity contribution is 1.78. The Bertz CT molecular complexity index is 7410. The fourth-order valence-electron chi connectivity index (χ4n) is 17.8. The van der Waals surface area contributed by atoms with Crippen molar-refractivity contribution in [1.29, 1.82) is 0 Å². The van der Waals surface area contributed by atoms with Gasteiger partial charge in [0, 0.05) is 0 Å². The lowest BCUT2D eigenvalue weighted by atomic mass is 9.89. The normalized spacial score (nSPS) is 11.8. The Morgan fingerprint density at radius 3 is 0.529 bits per heavy atom. The van der Waals surface area contributed by atoms with E-state index in [1.54, 1.807) is 0 Å². The first-order valence-electron chi connectivity index (χ1n) is 36.2. The van der Waals surface area contributed by atoms with Gasteiger partial charge in [0.25, 0.3) is 0 Å². The van der Waals surface area contributed by atoms with E-state index in [2.05, 4.69) is 388 Å². The van der Waals surface area contributed by atoms with Crippen molar-refractivity contribution in [2.45, 2.75) is 0 Å². The summed E-state index contributed by atoms with van der Waals surface area (Å²) in [6, 6.07) is 142. The van der Waals surface area contributed by atoms with Gasteiger partial charge in [0.2, 0.25) is 0 Å². The number of rotatable bonds is 0. The minimum atomic E-state index is 1.30. The molecule has 0 aliphatic heterocycles. The monoisotopic (exact) mass is 1310 g/mol. The zero-order valence-electron chi connectivity index (χ0n) is 57.0. The largest absolute Gasteiger partial charge is 0.0616 e. The molecule has 0 unspecified atom stereocenters. The second kappa shape index (κ2) is 24.1. The second-order valence-corrected chi connectivity index (χ2v) is 27.9. The van der Waals surface area contributed by atoms with E-state index in [9.17, 15) is 0 Å². The first-order valence-corrected chi connectivity index (χ1v) is 36.2. The third kappa shape index (κ3) is 9.39. The van der Waals surface area contributed by atoms with Crippen LogP contribution in [0, 0.1) is 0 Å². The van der Waals surface area contributed by atoms with Gasteiger partial charge in [-0.15, -0.1) is 0 Å². The molecule has 0 atom stereocenters. The van der Waals surface area contributed by atoms with Gasteiger partial charge in [-0.25, -0.2) is 0 Å². The molecule has 24 aromatic rings. The van der Waals surface area contributed by atoms with Gasteiger partial charge in [-0.05, 0) is 215 Å². The topological polar surface area (TPSA) is 0 Å². The van der Waals surface area contributed by atoms with Crippen molar-refractivity contribution in [3.8, 4) is 0 Å². The molecule has 0 fully saturated rings. The molecule has 0 saturated carbocycles. The number of hydrogen-bond donors (Lipinski definition) is 0. The highest BCUT2D eigenvalue weighted by Gasteiger charge is 2.17. The van der Waals surface area contributed by atoms with Crippen LogP contribution >= 0.6 is 0 Å². The zero-order chi connectivity index (χ0) is 68.3. The SMILES string of the molecule is c1ccc2c(c1)ccc1c2ccc2c1ccc1ccc3ccccc3c12.c1ccc2c(c1)ccc1c2ccc2c3ccc4ccccc4c3ccc12.c1ccc2c(c1)ccc1c2ccc2c3ccccc3c3ccccc3c12.c1ccc2c(c1)ccc1c3ccc4ccccc4c3c3ccccc3c21. The van der Waals surface area contributed by atoms with Gasteiger partial charge >= 0.3 is 0 Å². The van der Waals surface area contributed by atoms with Crippen LogP contribution in [0.5, 0.6) is 0 Å². The molecule has 104 heavy (non-hydrogen) atoms. The summed E-state index contributed by atoms with van der Waals surface area (Å²) in [5.74, 6) is 0. The van der Waals surface area contributed by atoms with Crippen LogP contribution in [0.2, 0.25) is 0 Å². The lowest BCUT2D eigenvalue weighted by Crippen LogP contribution is -1.86. The second-order valence-electron chi connectivity index (χ2n) is 27.9. The van der Waals surface area contributed by atoms with Crippen LogP contribution < -0.4 is 0 Å². The maximum absolute atomic E-state index is 2.30. The van der Waals surface area contributed by atoms with Gasteiger partial charge in [0.05, 0.1) is 0 Å². The van der Waals surface area contributed by atoms with Crippen LogP contribution in [-0.2, 0) is 0 Å². The van der Waals surface area contributed by atoms with Crippen LogP contribution in [0.3, 0.4) is 0 Å². The van der Waals surface area contributed by atoms with Crippen molar-refractivity contribution >= 4 is 215 Å². The van der Waals surface area contributed by atoms with Crippen molar-refractivity contribution in [3.05, 3.63) is 388 Å². The van der Waals surface area contributed by atoms with Crippen molar-refractivity contribution < 1.29 is 0 Å². The molecule has 0 N–H and O–H groups in total. The minimum Gasteiger partial charge on any atom is -0.0616 e. The van der Waals surface area contributed by atoms with E-state index in [4.69, 9.17) is 0 Å². The highest BCUT2D eigenvalue weighted by Crippen LogP contribution is 2.45. The summed E-state index contributed by atoms with van der Waals surface area (Å²) in [4.78, 5) is 0. The summed E-state index contributed by atoms with van der Waals surface area (Å²) >= 11 is 0. The van der Waals surface area contributed by atoms with Crippen molar-refractivity contribution in [3.63, 3.8) is 0 Å². The summed E-state index contributed by atoms with van der Waals surface area (Å²) in [5, 5.41) is 53.1. The zero-order valence-corrected chi connectivity index (χ0v) is 57.0. The summed E-state index contributed by atoms with van der Waals surface area (Å²) < 4.78 is 0. The Labute approximate surface area is 599 Å². The van der Waals surface area contributed by atoms with Crippen LogP contribution in [0.15, 0.2) is 388 Å². The van der Waals surface area contributed by atoms with Gasteiger partial charge < -0.3 is 0 Å². The Morgan fingerprint density at radius 2 is 0.192 bits per heavy atom. The Balaban J connectivity index is 0.0000000896. The fourth-order valence-corrected chi connectivity index (χ4v) is 17.8. The molecule has 0 aliphatic carbocycles. The third-order valence-corrected chi connectivity index (χ3v) is 22.5. The lowest BCUT2D eigenvalue weighted by Gasteiger charge is -2.14.